The Morgan fingerprint density at radius 2 is 2.14 bits per heavy atom. The molecule has 2 fully saturated rings. The first kappa shape index (κ1) is 16.2. The van der Waals surface area contributed by atoms with Crippen LogP contribution in [0.1, 0.15) is 31.7 Å². The lowest BCUT2D eigenvalue weighted by Crippen LogP contribution is -2.54. The predicted molar refractivity (Wildman–Crippen MR) is 86.2 cm³/mol. The van der Waals surface area contributed by atoms with Crippen LogP contribution in [-0.4, -0.2) is 44.1 Å². The average molecular weight is 345 g/mol. The van der Waals surface area contributed by atoms with E-state index in [1.807, 2.05) is 38.1 Å². The zero-order valence-corrected chi connectivity index (χ0v) is 14.3. The number of halogens is 1. The average Bonchev–Trinajstić information content (AvgIpc) is 3.20. The maximum Gasteiger partial charge on any atom is 0.280 e. The van der Waals surface area contributed by atoms with Crippen molar-refractivity contribution in [3.63, 3.8) is 0 Å². The first-order chi connectivity index (χ1) is 10.4. The topological polar surface area (TPSA) is 58.6 Å². The standard InChI is InChI=1S/C15H21ClN2O3S/c1-10-9-21-11(2)8-18(10)22(19,20)17-15-7-14(15)12-4-3-5-13(16)6-12/h3-6,10-11,14-15,17H,7-9H2,1-2H3/t10-,11+,14-,15+/m0/s1. The van der Waals surface area contributed by atoms with Gasteiger partial charge in [0.05, 0.1) is 12.7 Å². The van der Waals surface area contributed by atoms with Crippen molar-refractivity contribution in [1.82, 2.24) is 9.03 Å². The molecule has 1 aliphatic heterocycles. The van der Waals surface area contributed by atoms with Crippen LogP contribution in [0.3, 0.4) is 0 Å². The lowest BCUT2D eigenvalue weighted by Gasteiger charge is -2.35. The van der Waals surface area contributed by atoms with E-state index >= 15 is 0 Å². The van der Waals surface area contributed by atoms with Crippen molar-refractivity contribution in [3.05, 3.63) is 34.9 Å². The molecule has 1 saturated heterocycles. The van der Waals surface area contributed by atoms with Gasteiger partial charge in [-0.3, -0.25) is 0 Å². The fourth-order valence-electron chi connectivity index (χ4n) is 2.90. The molecule has 0 bridgehead atoms. The molecular weight excluding hydrogens is 324 g/mol. The van der Waals surface area contributed by atoms with E-state index in [4.69, 9.17) is 16.3 Å². The molecule has 1 aromatic rings. The van der Waals surface area contributed by atoms with Gasteiger partial charge in [0.25, 0.3) is 10.2 Å². The van der Waals surface area contributed by atoms with Gasteiger partial charge >= 0.3 is 0 Å². The van der Waals surface area contributed by atoms with Crippen molar-refractivity contribution in [2.45, 2.75) is 44.4 Å². The van der Waals surface area contributed by atoms with Crippen LogP contribution < -0.4 is 4.72 Å². The number of hydrogen-bond donors (Lipinski definition) is 1. The minimum absolute atomic E-state index is 0.0474. The van der Waals surface area contributed by atoms with Gasteiger partial charge in [0, 0.05) is 29.6 Å². The summed E-state index contributed by atoms with van der Waals surface area (Å²) in [6, 6.07) is 7.42. The van der Waals surface area contributed by atoms with Crippen LogP contribution in [0.2, 0.25) is 5.02 Å². The quantitative estimate of drug-likeness (QED) is 0.910. The summed E-state index contributed by atoms with van der Waals surface area (Å²) in [5, 5.41) is 0.682. The van der Waals surface area contributed by atoms with E-state index in [2.05, 4.69) is 4.72 Å². The van der Waals surface area contributed by atoms with E-state index in [9.17, 15) is 8.42 Å². The van der Waals surface area contributed by atoms with E-state index in [0.29, 0.717) is 18.2 Å². The Kier molecular flexibility index (Phi) is 4.49. The SMILES string of the molecule is C[C@@H]1CN(S(=O)(=O)N[C@@H]2C[C@H]2c2cccc(Cl)c2)[C@@H](C)CO1. The fourth-order valence-corrected chi connectivity index (χ4v) is 4.82. The Morgan fingerprint density at radius 1 is 1.36 bits per heavy atom. The van der Waals surface area contributed by atoms with Gasteiger partial charge in [0.1, 0.15) is 0 Å². The van der Waals surface area contributed by atoms with Gasteiger partial charge in [-0.25, -0.2) is 0 Å². The van der Waals surface area contributed by atoms with E-state index in [0.717, 1.165) is 12.0 Å². The molecule has 0 aromatic heterocycles. The third kappa shape index (κ3) is 3.46. The van der Waals surface area contributed by atoms with Gasteiger partial charge < -0.3 is 4.74 Å². The molecule has 5 nitrogen and oxygen atoms in total. The summed E-state index contributed by atoms with van der Waals surface area (Å²) in [4.78, 5) is 0. The molecule has 3 rings (SSSR count). The molecule has 0 spiro atoms. The van der Waals surface area contributed by atoms with Crippen LogP contribution in [0.5, 0.6) is 0 Å². The predicted octanol–water partition coefficient (Wildman–Crippen LogP) is 2.14. The van der Waals surface area contributed by atoms with E-state index < -0.39 is 10.2 Å². The van der Waals surface area contributed by atoms with Gasteiger partial charge in [0.15, 0.2) is 0 Å². The summed E-state index contributed by atoms with van der Waals surface area (Å²) < 4.78 is 35.0. The van der Waals surface area contributed by atoms with Crippen molar-refractivity contribution in [2.24, 2.45) is 0 Å². The summed E-state index contributed by atoms with van der Waals surface area (Å²) in [5.41, 5.74) is 1.09. The highest BCUT2D eigenvalue weighted by Crippen LogP contribution is 2.42. The minimum atomic E-state index is -3.48. The fraction of sp³-hybridized carbons (Fsp3) is 0.600. The summed E-state index contributed by atoms with van der Waals surface area (Å²) in [7, 11) is -3.48. The second-order valence-corrected chi connectivity index (χ2v) is 8.28. The molecule has 1 N–H and O–H groups in total. The third-order valence-electron chi connectivity index (χ3n) is 4.23. The van der Waals surface area contributed by atoms with Crippen LogP contribution in [-0.2, 0) is 14.9 Å². The van der Waals surface area contributed by atoms with Gasteiger partial charge in [-0.05, 0) is 38.0 Å². The van der Waals surface area contributed by atoms with Crippen molar-refractivity contribution in [3.8, 4) is 0 Å². The van der Waals surface area contributed by atoms with Crippen LogP contribution >= 0.6 is 11.6 Å². The van der Waals surface area contributed by atoms with Crippen molar-refractivity contribution in [2.75, 3.05) is 13.2 Å². The van der Waals surface area contributed by atoms with Crippen molar-refractivity contribution < 1.29 is 13.2 Å². The Hall–Kier alpha value is -0.660. The number of benzene rings is 1. The molecule has 1 aliphatic carbocycles. The summed E-state index contributed by atoms with van der Waals surface area (Å²) in [6.07, 6.45) is 0.740. The minimum Gasteiger partial charge on any atom is -0.375 e. The molecule has 2 aliphatic rings. The summed E-state index contributed by atoms with van der Waals surface area (Å²) >= 11 is 5.99. The second kappa shape index (κ2) is 6.09. The second-order valence-electron chi connectivity index (χ2n) is 6.19. The Balaban J connectivity index is 1.66. The molecule has 7 heteroatoms. The Bertz CT molecular complexity index is 652. The van der Waals surface area contributed by atoms with Crippen molar-refractivity contribution >= 4 is 21.8 Å². The molecule has 1 saturated carbocycles. The first-order valence-electron chi connectivity index (χ1n) is 7.53. The maximum absolute atomic E-state index is 12.6. The highest BCUT2D eigenvalue weighted by atomic mass is 35.5. The molecule has 22 heavy (non-hydrogen) atoms. The van der Waals surface area contributed by atoms with E-state index in [-0.39, 0.29) is 24.1 Å². The molecule has 0 amide bonds. The highest BCUT2D eigenvalue weighted by molar-refractivity contribution is 7.87. The third-order valence-corrected chi connectivity index (χ3v) is 6.19. The molecule has 122 valence electrons. The lowest BCUT2D eigenvalue weighted by atomic mass is 10.1. The molecule has 1 heterocycles. The van der Waals surface area contributed by atoms with Gasteiger partial charge in [0.2, 0.25) is 0 Å². The number of hydrogen-bond acceptors (Lipinski definition) is 3. The molecule has 4 atom stereocenters. The van der Waals surface area contributed by atoms with Crippen LogP contribution in [0.4, 0.5) is 0 Å². The smallest absolute Gasteiger partial charge is 0.280 e. The lowest BCUT2D eigenvalue weighted by molar-refractivity contribution is -0.0175. The van der Waals surface area contributed by atoms with Gasteiger partial charge in [-0.1, -0.05) is 23.7 Å². The largest absolute Gasteiger partial charge is 0.375 e. The van der Waals surface area contributed by atoms with Crippen LogP contribution in [0, 0.1) is 0 Å². The Labute approximate surface area is 136 Å². The zero-order valence-electron chi connectivity index (χ0n) is 12.7. The maximum atomic E-state index is 12.6. The van der Waals surface area contributed by atoms with Gasteiger partial charge in [-0.15, -0.1) is 0 Å². The molecule has 0 radical (unpaired) electrons. The number of morpholine rings is 1. The van der Waals surface area contributed by atoms with Gasteiger partial charge in [-0.2, -0.15) is 17.4 Å². The van der Waals surface area contributed by atoms with Crippen LogP contribution in [0.15, 0.2) is 24.3 Å². The van der Waals surface area contributed by atoms with E-state index in [1.165, 1.54) is 4.31 Å². The van der Waals surface area contributed by atoms with Crippen molar-refractivity contribution in [1.29, 1.82) is 0 Å². The number of nitrogens with zero attached hydrogens (tertiary/aromatic N) is 1. The highest BCUT2D eigenvalue weighted by Gasteiger charge is 2.43. The zero-order chi connectivity index (χ0) is 15.9. The first-order valence-corrected chi connectivity index (χ1v) is 9.35. The molecular formula is C15H21ClN2O3S. The molecule has 1 aromatic carbocycles. The monoisotopic (exact) mass is 344 g/mol. The number of nitrogens with one attached hydrogen (secondary N) is 1. The van der Waals surface area contributed by atoms with E-state index in [1.54, 1.807) is 0 Å². The molecule has 0 unspecified atom stereocenters. The number of ether oxygens (including phenoxy) is 1. The Morgan fingerprint density at radius 3 is 2.86 bits per heavy atom. The summed E-state index contributed by atoms with van der Waals surface area (Å²) in [6.45, 7) is 4.59. The summed E-state index contributed by atoms with van der Waals surface area (Å²) in [5.74, 6) is 0.210. The number of rotatable bonds is 4. The normalized spacial score (nSPS) is 32.9. The van der Waals surface area contributed by atoms with Crippen LogP contribution in [0.25, 0.3) is 0 Å².